The molecule has 1 amide bonds. The van der Waals surface area contributed by atoms with E-state index in [1.165, 1.54) is 18.4 Å². The van der Waals surface area contributed by atoms with Crippen LogP contribution in [0.2, 0.25) is 0 Å². The summed E-state index contributed by atoms with van der Waals surface area (Å²) in [4.78, 5) is 15.0. The van der Waals surface area contributed by atoms with E-state index in [0.29, 0.717) is 19.8 Å². The number of hydrogen-bond donors (Lipinski definition) is 2. The highest BCUT2D eigenvalue weighted by Crippen LogP contribution is 2.24. The van der Waals surface area contributed by atoms with Crippen molar-refractivity contribution in [3.05, 3.63) is 35.9 Å². The van der Waals surface area contributed by atoms with E-state index < -0.39 is 6.04 Å². The lowest BCUT2D eigenvalue weighted by atomic mass is 9.92. The second-order valence-corrected chi connectivity index (χ2v) is 6.89. The fraction of sp³-hybridized carbons (Fsp3) is 0.632. The van der Waals surface area contributed by atoms with E-state index in [1.54, 1.807) is 0 Å². The highest BCUT2D eigenvalue weighted by atomic mass is 16.5. The van der Waals surface area contributed by atoms with Gasteiger partial charge in [-0.3, -0.25) is 9.69 Å². The van der Waals surface area contributed by atoms with Crippen LogP contribution in [0.5, 0.6) is 0 Å². The first kappa shape index (κ1) is 17.4. The van der Waals surface area contributed by atoms with Crippen LogP contribution in [-0.2, 0) is 9.53 Å². The molecular formula is C19H29N3O2. The Morgan fingerprint density at radius 1 is 1.21 bits per heavy atom. The van der Waals surface area contributed by atoms with Gasteiger partial charge in [0.1, 0.15) is 0 Å². The largest absolute Gasteiger partial charge is 0.381 e. The molecule has 0 saturated carbocycles. The minimum Gasteiger partial charge on any atom is -0.381 e. The number of carbonyl (C=O) groups excluding carboxylic acids is 1. The van der Waals surface area contributed by atoms with Gasteiger partial charge in [-0.25, -0.2) is 0 Å². The number of benzene rings is 1. The van der Waals surface area contributed by atoms with E-state index in [0.717, 1.165) is 25.9 Å². The molecule has 0 aliphatic carbocycles. The lowest BCUT2D eigenvalue weighted by Gasteiger charge is -2.30. The Morgan fingerprint density at radius 2 is 1.88 bits per heavy atom. The molecule has 0 aromatic heterocycles. The van der Waals surface area contributed by atoms with Crippen molar-refractivity contribution >= 4 is 5.91 Å². The molecule has 5 nitrogen and oxygen atoms in total. The molecule has 0 bridgehead atoms. The molecule has 3 rings (SSSR count). The summed E-state index contributed by atoms with van der Waals surface area (Å²) in [6, 6.07) is 10.3. The number of rotatable bonds is 6. The van der Waals surface area contributed by atoms with Crippen LogP contribution in [0, 0.1) is 5.92 Å². The molecule has 5 heteroatoms. The number of nitrogens with one attached hydrogen (secondary N) is 1. The SMILES string of the molecule is NC(C(=O)NCC(c1ccccc1)N1CCCC1)C1CCOCC1. The summed E-state index contributed by atoms with van der Waals surface area (Å²) in [5.74, 6) is 0.211. The van der Waals surface area contributed by atoms with Gasteiger partial charge in [-0.15, -0.1) is 0 Å². The molecule has 0 radical (unpaired) electrons. The number of carbonyl (C=O) groups is 1. The minimum absolute atomic E-state index is 0.0259. The number of nitrogens with zero attached hydrogens (tertiary/aromatic N) is 1. The van der Waals surface area contributed by atoms with E-state index in [-0.39, 0.29) is 17.9 Å². The van der Waals surface area contributed by atoms with Crippen LogP contribution in [0.1, 0.15) is 37.3 Å². The molecule has 3 N–H and O–H groups in total. The third-order valence-electron chi connectivity index (χ3n) is 5.31. The Labute approximate surface area is 144 Å². The Bertz CT molecular complexity index is 511. The van der Waals surface area contributed by atoms with Gasteiger partial charge in [-0.05, 0) is 50.3 Å². The summed E-state index contributed by atoms with van der Waals surface area (Å²) in [5, 5.41) is 3.11. The van der Waals surface area contributed by atoms with Gasteiger partial charge in [0, 0.05) is 19.8 Å². The van der Waals surface area contributed by atoms with Crippen molar-refractivity contribution in [2.45, 2.75) is 37.8 Å². The second-order valence-electron chi connectivity index (χ2n) is 6.89. The average Bonchev–Trinajstić information content (AvgIpc) is 3.17. The van der Waals surface area contributed by atoms with Crippen LogP contribution in [0.15, 0.2) is 30.3 Å². The van der Waals surface area contributed by atoms with E-state index in [4.69, 9.17) is 10.5 Å². The number of nitrogens with two attached hydrogens (primary N) is 1. The van der Waals surface area contributed by atoms with Crippen LogP contribution in [0.25, 0.3) is 0 Å². The van der Waals surface area contributed by atoms with Gasteiger partial charge >= 0.3 is 0 Å². The first-order valence-electron chi connectivity index (χ1n) is 9.16. The van der Waals surface area contributed by atoms with Crippen molar-refractivity contribution < 1.29 is 9.53 Å². The molecule has 2 aliphatic rings. The van der Waals surface area contributed by atoms with Crippen molar-refractivity contribution in [2.24, 2.45) is 11.7 Å². The van der Waals surface area contributed by atoms with Crippen LogP contribution in [0.4, 0.5) is 0 Å². The van der Waals surface area contributed by atoms with Gasteiger partial charge in [-0.2, -0.15) is 0 Å². The topological polar surface area (TPSA) is 67.6 Å². The minimum atomic E-state index is -0.427. The van der Waals surface area contributed by atoms with Crippen molar-refractivity contribution in [3.63, 3.8) is 0 Å². The van der Waals surface area contributed by atoms with E-state index >= 15 is 0 Å². The maximum absolute atomic E-state index is 12.5. The Kier molecular flexibility index (Phi) is 6.24. The zero-order valence-electron chi connectivity index (χ0n) is 14.3. The molecule has 1 aromatic rings. The van der Waals surface area contributed by atoms with Gasteiger partial charge in [0.05, 0.1) is 12.1 Å². The third-order valence-corrected chi connectivity index (χ3v) is 5.31. The Morgan fingerprint density at radius 3 is 2.54 bits per heavy atom. The molecule has 2 heterocycles. The van der Waals surface area contributed by atoms with Gasteiger partial charge in [-0.1, -0.05) is 30.3 Å². The molecule has 0 spiro atoms. The van der Waals surface area contributed by atoms with Gasteiger partial charge in [0.25, 0.3) is 0 Å². The van der Waals surface area contributed by atoms with Crippen LogP contribution >= 0.6 is 0 Å². The zero-order valence-corrected chi connectivity index (χ0v) is 14.3. The van der Waals surface area contributed by atoms with E-state index in [9.17, 15) is 4.79 Å². The summed E-state index contributed by atoms with van der Waals surface area (Å²) >= 11 is 0. The molecular weight excluding hydrogens is 302 g/mol. The normalized spacial score (nSPS) is 22.2. The summed E-state index contributed by atoms with van der Waals surface area (Å²) < 4.78 is 5.36. The fourth-order valence-corrected chi connectivity index (χ4v) is 3.79. The molecule has 2 aliphatic heterocycles. The fourth-order valence-electron chi connectivity index (χ4n) is 3.79. The second kappa shape index (κ2) is 8.60. The van der Waals surface area contributed by atoms with Crippen molar-refractivity contribution in [1.82, 2.24) is 10.2 Å². The van der Waals surface area contributed by atoms with E-state index in [2.05, 4.69) is 34.5 Å². The van der Waals surface area contributed by atoms with E-state index in [1.807, 2.05) is 6.07 Å². The highest BCUT2D eigenvalue weighted by Gasteiger charge is 2.28. The molecule has 2 atom stereocenters. The van der Waals surface area contributed by atoms with Crippen LogP contribution < -0.4 is 11.1 Å². The quantitative estimate of drug-likeness (QED) is 0.832. The molecule has 1 aromatic carbocycles. The van der Waals surface area contributed by atoms with Crippen molar-refractivity contribution in [1.29, 1.82) is 0 Å². The lowest BCUT2D eigenvalue weighted by molar-refractivity contribution is -0.124. The van der Waals surface area contributed by atoms with Crippen LogP contribution in [-0.4, -0.2) is 49.7 Å². The number of ether oxygens (including phenoxy) is 1. The number of likely N-dealkylation sites (tertiary alicyclic amines) is 1. The number of amides is 1. The van der Waals surface area contributed by atoms with Crippen LogP contribution in [0.3, 0.4) is 0 Å². The monoisotopic (exact) mass is 331 g/mol. The number of hydrogen-bond acceptors (Lipinski definition) is 4. The van der Waals surface area contributed by atoms with Gasteiger partial charge in [0.15, 0.2) is 0 Å². The maximum Gasteiger partial charge on any atom is 0.237 e. The highest BCUT2D eigenvalue weighted by molar-refractivity contribution is 5.81. The third kappa shape index (κ3) is 4.35. The smallest absolute Gasteiger partial charge is 0.237 e. The zero-order chi connectivity index (χ0) is 16.8. The van der Waals surface area contributed by atoms with Crippen molar-refractivity contribution in [3.8, 4) is 0 Å². The van der Waals surface area contributed by atoms with Gasteiger partial charge < -0.3 is 15.8 Å². The molecule has 2 saturated heterocycles. The summed E-state index contributed by atoms with van der Waals surface area (Å²) in [5.41, 5.74) is 7.45. The summed E-state index contributed by atoms with van der Waals surface area (Å²) in [6.07, 6.45) is 4.23. The molecule has 2 fully saturated rings. The van der Waals surface area contributed by atoms with Gasteiger partial charge in [0.2, 0.25) is 5.91 Å². The Hall–Kier alpha value is -1.43. The molecule has 2 unspecified atom stereocenters. The first-order valence-corrected chi connectivity index (χ1v) is 9.16. The molecule has 24 heavy (non-hydrogen) atoms. The molecule has 132 valence electrons. The first-order chi connectivity index (χ1) is 11.8. The lowest BCUT2D eigenvalue weighted by Crippen LogP contribution is -2.49. The standard InChI is InChI=1S/C19H29N3O2/c20-18(16-8-12-24-13-9-16)19(23)21-14-17(22-10-4-5-11-22)15-6-2-1-3-7-15/h1-3,6-7,16-18H,4-5,8-14,20H2,(H,21,23). The Balaban J connectivity index is 1.59. The predicted molar refractivity (Wildman–Crippen MR) is 94.5 cm³/mol. The predicted octanol–water partition coefficient (Wildman–Crippen LogP) is 1.69. The summed E-state index contributed by atoms with van der Waals surface area (Å²) in [7, 11) is 0. The maximum atomic E-state index is 12.5. The summed E-state index contributed by atoms with van der Waals surface area (Å²) in [6.45, 7) is 4.25. The van der Waals surface area contributed by atoms with Crippen molar-refractivity contribution in [2.75, 3.05) is 32.8 Å². The average molecular weight is 331 g/mol.